The second kappa shape index (κ2) is 4.76. The number of rotatable bonds is 4. The summed E-state index contributed by atoms with van der Waals surface area (Å²) in [6.07, 6.45) is 3.78. The highest BCUT2D eigenvalue weighted by Gasteiger charge is 2.08. The fraction of sp³-hybridized carbons (Fsp3) is 0.455. The Morgan fingerprint density at radius 2 is 2.19 bits per heavy atom. The summed E-state index contributed by atoms with van der Waals surface area (Å²) in [7, 11) is 0. The molecule has 0 aliphatic heterocycles. The molecule has 0 radical (unpaired) electrons. The van der Waals surface area contributed by atoms with E-state index in [0.29, 0.717) is 0 Å². The Labute approximate surface area is 99.2 Å². The van der Waals surface area contributed by atoms with Gasteiger partial charge < -0.3 is 10.3 Å². The molecule has 0 saturated carbocycles. The number of nitrogens with one attached hydrogen (secondary N) is 2. The molecular formula is C11H16N4S. The van der Waals surface area contributed by atoms with Gasteiger partial charge in [-0.05, 0) is 20.8 Å². The molecule has 0 amide bonds. The molecule has 0 saturated heterocycles. The summed E-state index contributed by atoms with van der Waals surface area (Å²) in [5, 5.41) is 4.55. The lowest BCUT2D eigenvalue weighted by atomic mass is 10.3. The molecule has 2 aromatic rings. The summed E-state index contributed by atoms with van der Waals surface area (Å²) in [4.78, 5) is 13.0. The van der Waals surface area contributed by atoms with E-state index in [9.17, 15) is 0 Å². The Kier molecular flexibility index (Phi) is 3.36. The van der Waals surface area contributed by atoms with Crippen molar-refractivity contribution in [3.8, 4) is 0 Å². The first kappa shape index (κ1) is 11.3. The van der Waals surface area contributed by atoms with Crippen LogP contribution in [-0.2, 0) is 6.54 Å². The third-order valence-corrected chi connectivity index (χ3v) is 3.46. The molecule has 86 valence electrons. The van der Waals surface area contributed by atoms with Gasteiger partial charge in [0.15, 0.2) is 0 Å². The fourth-order valence-corrected chi connectivity index (χ4v) is 2.29. The molecule has 0 aliphatic carbocycles. The number of hydrogen-bond acceptors (Lipinski definition) is 4. The maximum atomic E-state index is 4.36. The number of hydrogen-bond donors (Lipinski definition) is 2. The third kappa shape index (κ3) is 2.68. The fourth-order valence-electron chi connectivity index (χ4n) is 1.48. The summed E-state index contributed by atoms with van der Waals surface area (Å²) >= 11 is 1.74. The first-order valence-corrected chi connectivity index (χ1v) is 6.13. The van der Waals surface area contributed by atoms with E-state index in [1.54, 1.807) is 11.3 Å². The lowest BCUT2D eigenvalue weighted by Crippen LogP contribution is -2.18. The molecule has 16 heavy (non-hydrogen) atoms. The van der Waals surface area contributed by atoms with Gasteiger partial charge in [-0.1, -0.05) is 0 Å². The van der Waals surface area contributed by atoms with Crippen LogP contribution >= 0.6 is 11.3 Å². The maximum absolute atomic E-state index is 4.36. The highest BCUT2D eigenvalue weighted by atomic mass is 32.1. The van der Waals surface area contributed by atoms with Crippen molar-refractivity contribution < 1.29 is 0 Å². The monoisotopic (exact) mass is 236 g/mol. The van der Waals surface area contributed by atoms with Gasteiger partial charge in [-0.25, -0.2) is 9.97 Å². The van der Waals surface area contributed by atoms with Gasteiger partial charge in [0, 0.05) is 29.5 Å². The van der Waals surface area contributed by atoms with E-state index in [2.05, 4.69) is 34.1 Å². The first-order chi connectivity index (χ1) is 7.65. The number of aromatic amines is 1. The summed E-state index contributed by atoms with van der Waals surface area (Å²) < 4.78 is 0. The van der Waals surface area contributed by atoms with Crippen LogP contribution in [0.1, 0.15) is 34.4 Å². The minimum absolute atomic E-state index is 0.280. The van der Waals surface area contributed by atoms with Gasteiger partial charge in [0.2, 0.25) is 0 Å². The van der Waals surface area contributed by atoms with Gasteiger partial charge in [0.25, 0.3) is 0 Å². The SMILES string of the molecule is Cc1ncc(CNC(C)c2ncc(C)s2)[nH]1. The van der Waals surface area contributed by atoms with Crippen molar-refractivity contribution in [1.29, 1.82) is 0 Å². The summed E-state index contributed by atoms with van der Waals surface area (Å²) in [6, 6.07) is 0.280. The molecule has 2 aromatic heterocycles. The number of imidazole rings is 1. The van der Waals surface area contributed by atoms with Gasteiger partial charge in [0.05, 0.1) is 6.04 Å². The normalized spacial score (nSPS) is 12.9. The van der Waals surface area contributed by atoms with E-state index in [-0.39, 0.29) is 6.04 Å². The molecule has 1 unspecified atom stereocenters. The average molecular weight is 236 g/mol. The minimum Gasteiger partial charge on any atom is -0.345 e. The second-order valence-corrected chi connectivity index (χ2v) is 5.17. The van der Waals surface area contributed by atoms with E-state index in [4.69, 9.17) is 0 Å². The smallest absolute Gasteiger partial charge is 0.109 e. The van der Waals surface area contributed by atoms with Crippen molar-refractivity contribution >= 4 is 11.3 Å². The van der Waals surface area contributed by atoms with Crippen molar-refractivity contribution in [1.82, 2.24) is 20.3 Å². The van der Waals surface area contributed by atoms with Gasteiger partial charge in [-0.15, -0.1) is 11.3 Å². The summed E-state index contributed by atoms with van der Waals surface area (Å²) in [6.45, 7) is 6.95. The number of nitrogens with zero attached hydrogens (tertiary/aromatic N) is 2. The van der Waals surface area contributed by atoms with E-state index < -0.39 is 0 Å². The van der Waals surface area contributed by atoms with Gasteiger partial charge in [0.1, 0.15) is 10.8 Å². The molecule has 5 heteroatoms. The minimum atomic E-state index is 0.280. The van der Waals surface area contributed by atoms with Crippen LogP contribution in [0.3, 0.4) is 0 Å². The van der Waals surface area contributed by atoms with Crippen LogP contribution in [0.2, 0.25) is 0 Å². The van der Waals surface area contributed by atoms with Crippen LogP contribution < -0.4 is 5.32 Å². The molecule has 1 atom stereocenters. The predicted octanol–water partition coefficient (Wildman–Crippen LogP) is 2.33. The first-order valence-electron chi connectivity index (χ1n) is 5.31. The molecule has 0 aliphatic rings. The molecule has 0 spiro atoms. The van der Waals surface area contributed by atoms with E-state index in [1.165, 1.54) is 4.88 Å². The van der Waals surface area contributed by atoms with Crippen LogP contribution in [0.15, 0.2) is 12.4 Å². The Morgan fingerprint density at radius 1 is 1.38 bits per heavy atom. The maximum Gasteiger partial charge on any atom is 0.109 e. The van der Waals surface area contributed by atoms with Crippen LogP contribution in [0.4, 0.5) is 0 Å². The molecule has 2 rings (SSSR count). The predicted molar refractivity (Wildman–Crippen MR) is 65.4 cm³/mol. The van der Waals surface area contributed by atoms with Crippen molar-refractivity contribution in [3.63, 3.8) is 0 Å². The summed E-state index contributed by atoms with van der Waals surface area (Å²) in [5.74, 6) is 0.953. The zero-order valence-electron chi connectivity index (χ0n) is 9.74. The van der Waals surface area contributed by atoms with Crippen molar-refractivity contribution in [3.05, 3.63) is 33.8 Å². The van der Waals surface area contributed by atoms with Gasteiger partial charge in [-0.2, -0.15) is 0 Å². The molecular weight excluding hydrogens is 220 g/mol. The van der Waals surface area contributed by atoms with Crippen LogP contribution in [-0.4, -0.2) is 15.0 Å². The van der Waals surface area contributed by atoms with Gasteiger partial charge >= 0.3 is 0 Å². The van der Waals surface area contributed by atoms with E-state index in [1.807, 2.05) is 19.3 Å². The lowest BCUT2D eigenvalue weighted by molar-refractivity contribution is 0.566. The van der Waals surface area contributed by atoms with Crippen LogP contribution in [0.5, 0.6) is 0 Å². The third-order valence-electron chi connectivity index (χ3n) is 2.36. The Morgan fingerprint density at radius 3 is 2.75 bits per heavy atom. The van der Waals surface area contributed by atoms with Crippen LogP contribution in [0, 0.1) is 13.8 Å². The topological polar surface area (TPSA) is 53.6 Å². The Balaban J connectivity index is 1.91. The standard InChI is InChI=1S/C11H16N4S/c1-7-4-14-11(16-7)8(2)12-5-10-6-13-9(3)15-10/h4,6,8,12H,5H2,1-3H3,(H,13,15). The second-order valence-electron chi connectivity index (χ2n) is 3.91. The van der Waals surface area contributed by atoms with E-state index >= 15 is 0 Å². The largest absolute Gasteiger partial charge is 0.345 e. The molecule has 4 nitrogen and oxygen atoms in total. The number of thiazole rings is 1. The highest BCUT2D eigenvalue weighted by molar-refractivity contribution is 7.11. The van der Waals surface area contributed by atoms with Crippen molar-refractivity contribution in [2.45, 2.75) is 33.4 Å². The number of aromatic nitrogens is 3. The summed E-state index contributed by atoms with van der Waals surface area (Å²) in [5.41, 5.74) is 1.11. The number of aryl methyl sites for hydroxylation is 2. The zero-order valence-corrected chi connectivity index (χ0v) is 10.6. The van der Waals surface area contributed by atoms with Crippen molar-refractivity contribution in [2.75, 3.05) is 0 Å². The lowest BCUT2D eigenvalue weighted by Gasteiger charge is -2.09. The quantitative estimate of drug-likeness (QED) is 0.856. The molecule has 0 aromatic carbocycles. The van der Waals surface area contributed by atoms with Crippen LogP contribution in [0.25, 0.3) is 0 Å². The Hall–Kier alpha value is -1.20. The number of H-pyrrole nitrogens is 1. The molecule has 2 N–H and O–H groups in total. The van der Waals surface area contributed by atoms with Gasteiger partial charge in [-0.3, -0.25) is 0 Å². The molecule has 0 bridgehead atoms. The van der Waals surface area contributed by atoms with Crippen molar-refractivity contribution in [2.24, 2.45) is 0 Å². The van der Waals surface area contributed by atoms with E-state index in [0.717, 1.165) is 23.1 Å². The Bertz CT molecular complexity index is 460. The zero-order chi connectivity index (χ0) is 11.5. The molecule has 2 heterocycles. The average Bonchev–Trinajstić information content (AvgIpc) is 2.84. The highest BCUT2D eigenvalue weighted by Crippen LogP contribution is 2.19. The molecule has 0 fully saturated rings.